The quantitative estimate of drug-likeness (QED) is 0.241. The van der Waals surface area contributed by atoms with Crippen LogP contribution in [0.5, 0.6) is 5.75 Å². The van der Waals surface area contributed by atoms with Crippen molar-refractivity contribution in [3.8, 4) is 16.3 Å². The minimum atomic E-state index is -1.20. The number of unbranched alkanes of at least 4 members (excludes halogenated alkanes) is 3. The van der Waals surface area contributed by atoms with Crippen LogP contribution in [0.25, 0.3) is 26.2 Å². The van der Waals surface area contributed by atoms with E-state index in [1.54, 1.807) is 18.0 Å². The van der Waals surface area contributed by atoms with Gasteiger partial charge in [0.2, 0.25) is 0 Å². The van der Waals surface area contributed by atoms with Gasteiger partial charge in [0.1, 0.15) is 10.5 Å². The topological polar surface area (TPSA) is 98.7 Å². The Morgan fingerprint density at radius 1 is 1.08 bits per heavy atom. The maximum absolute atomic E-state index is 13.3. The lowest BCUT2D eigenvalue weighted by atomic mass is 9.98. The third-order valence-electron chi connectivity index (χ3n) is 6.52. The van der Waals surface area contributed by atoms with Crippen molar-refractivity contribution in [3.05, 3.63) is 81.9 Å². The predicted octanol–water partition coefficient (Wildman–Crippen LogP) is 5.65. The zero-order valence-corrected chi connectivity index (χ0v) is 21.6. The van der Waals surface area contributed by atoms with E-state index in [2.05, 4.69) is 35.4 Å². The summed E-state index contributed by atoms with van der Waals surface area (Å²) in [6.45, 7) is 2.87. The number of carboxylic acid groups (broad SMARTS) is 1. The molecule has 5 aromatic rings. The van der Waals surface area contributed by atoms with Gasteiger partial charge in [-0.3, -0.25) is 13.9 Å². The van der Waals surface area contributed by atoms with E-state index in [0.717, 1.165) is 42.0 Å². The van der Waals surface area contributed by atoms with Gasteiger partial charge in [0, 0.05) is 24.6 Å². The van der Waals surface area contributed by atoms with E-state index in [1.165, 1.54) is 21.8 Å². The fourth-order valence-electron chi connectivity index (χ4n) is 4.75. The van der Waals surface area contributed by atoms with Gasteiger partial charge >= 0.3 is 5.97 Å². The third-order valence-corrected chi connectivity index (χ3v) is 7.69. The highest BCUT2D eigenvalue weighted by Crippen LogP contribution is 2.38. The standard InChI is InChI=1S/C28H28N4O4S/c1-3-4-5-8-14-31-17-22(29-30-31)26-24(28(34)35)32-23(33)16-20(25(36-2)27(32)37-26)15-19-12-9-11-18-10-6-7-13-21(18)19/h6-7,9-13,16-17H,3-5,8,14-15H2,1-2H3,(H,34,35). The SMILES string of the molecule is CCCCCCn1cc(-c2sc3c(OC)c(Cc4cccc5ccccc45)cc(=O)n3c2C(=O)O)nn1. The number of thiazole rings is 1. The van der Waals surface area contributed by atoms with Gasteiger partial charge in [-0.25, -0.2) is 4.79 Å². The van der Waals surface area contributed by atoms with E-state index in [-0.39, 0.29) is 5.69 Å². The molecule has 1 N–H and O–H groups in total. The molecule has 190 valence electrons. The summed E-state index contributed by atoms with van der Waals surface area (Å²) in [6, 6.07) is 15.6. The Morgan fingerprint density at radius 3 is 2.68 bits per heavy atom. The molecule has 0 atom stereocenters. The number of methoxy groups -OCH3 is 1. The highest BCUT2D eigenvalue weighted by Gasteiger charge is 2.26. The summed E-state index contributed by atoms with van der Waals surface area (Å²) < 4.78 is 8.73. The van der Waals surface area contributed by atoms with Gasteiger partial charge in [-0.05, 0) is 22.8 Å². The van der Waals surface area contributed by atoms with E-state index >= 15 is 0 Å². The number of hydrogen-bond donors (Lipinski definition) is 1. The number of pyridine rings is 1. The summed E-state index contributed by atoms with van der Waals surface area (Å²) in [5.74, 6) is -0.719. The summed E-state index contributed by atoms with van der Waals surface area (Å²) in [6.07, 6.45) is 6.59. The second-order valence-electron chi connectivity index (χ2n) is 9.01. The van der Waals surface area contributed by atoms with Crippen molar-refractivity contribution in [1.82, 2.24) is 19.4 Å². The van der Waals surface area contributed by atoms with Crippen molar-refractivity contribution >= 4 is 32.9 Å². The number of rotatable bonds is 10. The molecule has 0 spiro atoms. The molecular formula is C28H28N4O4S. The van der Waals surface area contributed by atoms with E-state index in [1.807, 2.05) is 24.3 Å². The van der Waals surface area contributed by atoms with Crippen molar-refractivity contribution in [1.29, 1.82) is 0 Å². The average Bonchev–Trinajstić information content (AvgIpc) is 3.53. The molecule has 0 aliphatic carbocycles. The molecule has 0 aliphatic heterocycles. The zero-order chi connectivity index (χ0) is 25.9. The molecule has 8 nitrogen and oxygen atoms in total. The molecule has 0 bridgehead atoms. The van der Waals surface area contributed by atoms with E-state index in [9.17, 15) is 14.7 Å². The molecule has 0 amide bonds. The van der Waals surface area contributed by atoms with E-state index in [0.29, 0.717) is 39.7 Å². The van der Waals surface area contributed by atoms with E-state index in [4.69, 9.17) is 4.74 Å². The van der Waals surface area contributed by atoms with Crippen LogP contribution in [0, 0.1) is 0 Å². The lowest BCUT2D eigenvalue weighted by molar-refractivity contribution is 0.0690. The first kappa shape index (κ1) is 24.7. The largest absolute Gasteiger partial charge is 0.493 e. The van der Waals surface area contributed by atoms with Gasteiger partial charge in [0.15, 0.2) is 11.4 Å². The molecule has 3 heterocycles. The molecule has 2 aromatic carbocycles. The lowest BCUT2D eigenvalue weighted by Crippen LogP contribution is -2.19. The van der Waals surface area contributed by atoms with Gasteiger partial charge in [0.05, 0.1) is 18.2 Å². The number of aromatic nitrogens is 4. The average molecular weight is 517 g/mol. The van der Waals surface area contributed by atoms with Crippen LogP contribution in [-0.4, -0.2) is 37.6 Å². The molecule has 0 saturated carbocycles. The molecule has 3 aromatic heterocycles. The number of fused-ring (bicyclic) bond motifs is 2. The van der Waals surface area contributed by atoms with Crippen molar-refractivity contribution in [2.45, 2.75) is 45.6 Å². The van der Waals surface area contributed by atoms with Gasteiger partial charge in [-0.1, -0.05) is 73.9 Å². The Balaban J connectivity index is 1.60. The van der Waals surface area contributed by atoms with Crippen LogP contribution in [0.15, 0.2) is 59.5 Å². The Bertz CT molecular complexity index is 1640. The Hall–Kier alpha value is -3.98. The minimum absolute atomic E-state index is 0.127. The number of nitrogens with zero attached hydrogens (tertiary/aromatic N) is 4. The van der Waals surface area contributed by atoms with Gasteiger partial charge in [-0.2, -0.15) is 0 Å². The molecular weight excluding hydrogens is 488 g/mol. The first-order valence-electron chi connectivity index (χ1n) is 12.4. The molecule has 5 rings (SSSR count). The first-order valence-corrected chi connectivity index (χ1v) is 13.2. The molecule has 9 heteroatoms. The fourth-order valence-corrected chi connectivity index (χ4v) is 6.00. The predicted molar refractivity (Wildman–Crippen MR) is 145 cm³/mol. The van der Waals surface area contributed by atoms with Crippen molar-refractivity contribution in [3.63, 3.8) is 0 Å². The minimum Gasteiger partial charge on any atom is -0.493 e. The number of carbonyl (C=O) groups is 1. The number of aryl methyl sites for hydroxylation is 1. The van der Waals surface area contributed by atoms with Crippen molar-refractivity contribution in [2.24, 2.45) is 0 Å². The number of carboxylic acids is 1. The maximum atomic E-state index is 13.3. The summed E-state index contributed by atoms with van der Waals surface area (Å²) in [4.78, 5) is 26.5. The summed E-state index contributed by atoms with van der Waals surface area (Å²) in [7, 11) is 1.54. The molecule has 0 unspecified atom stereocenters. The normalized spacial score (nSPS) is 11.4. The van der Waals surface area contributed by atoms with Crippen LogP contribution >= 0.6 is 11.3 Å². The lowest BCUT2D eigenvalue weighted by Gasteiger charge is -2.12. The monoisotopic (exact) mass is 516 g/mol. The summed E-state index contributed by atoms with van der Waals surface area (Å²) in [5.41, 5.74) is 1.64. The maximum Gasteiger partial charge on any atom is 0.354 e. The van der Waals surface area contributed by atoms with Crippen LogP contribution in [0.3, 0.4) is 0 Å². The molecule has 0 fully saturated rings. The van der Waals surface area contributed by atoms with Crippen molar-refractivity contribution < 1.29 is 14.6 Å². The number of hydrogen-bond acceptors (Lipinski definition) is 6. The number of benzene rings is 2. The number of ether oxygens (including phenoxy) is 1. The van der Waals surface area contributed by atoms with Gasteiger partial charge in [0.25, 0.3) is 5.56 Å². The van der Waals surface area contributed by atoms with Crippen LogP contribution in [0.1, 0.15) is 54.2 Å². The van der Waals surface area contributed by atoms with Crippen LogP contribution in [-0.2, 0) is 13.0 Å². The fraction of sp³-hybridized carbons (Fsp3) is 0.286. The highest BCUT2D eigenvalue weighted by atomic mass is 32.1. The second kappa shape index (κ2) is 10.6. The van der Waals surface area contributed by atoms with Crippen LogP contribution in [0.2, 0.25) is 0 Å². The molecule has 37 heavy (non-hydrogen) atoms. The Labute approximate surface area is 217 Å². The third kappa shape index (κ3) is 4.74. The molecule has 0 aliphatic rings. The highest BCUT2D eigenvalue weighted by molar-refractivity contribution is 7.21. The Morgan fingerprint density at radius 2 is 1.89 bits per heavy atom. The first-order chi connectivity index (χ1) is 18.0. The second-order valence-corrected chi connectivity index (χ2v) is 10.0. The van der Waals surface area contributed by atoms with Crippen LogP contribution < -0.4 is 10.3 Å². The van der Waals surface area contributed by atoms with Crippen LogP contribution in [0.4, 0.5) is 0 Å². The van der Waals surface area contributed by atoms with Gasteiger partial charge in [-0.15, -0.1) is 16.4 Å². The molecule has 0 radical (unpaired) electrons. The zero-order valence-electron chi connectivity index (χ0n) is 20.8. The Kier molecular flexibility index (Phi) is 7.05. The van der Waals surface area contributed by atoms with Gasteiger partial charge < -0.3 is 9.84 Å². The summed E-state index contributed by atoms with van der Waals surface area (Å²) in [5, 5.41) is 20.7. The summed E-state index contributed by atoms with van der Waals surface area (Å²) >= 11 is 1.19. The van der Waals surface area contributed by atoms with E-state index < -0.39 is 11.5 Å². The number of aromatic carboxylic acids is 1. The smallest absolute Gasteiger partial charge is 0.354 e. The van der Waals surface area contributed by atoms with Crippen molar-refractivity contribution in [2.75, 3.05) is 7.11 Å². The molecule has 0 saturated heterocycles.